The highest BCUT2D eigenvalue weighted by Crippen LogP contribution is 2.40. The highest BCUT2D eigenvalue weighted by atomic mass is 32.2. The molecule has 0 spiro atoms. The maximum atomic E-state index is 14.9. The van der Waals surface area contributed by atoms with E-state index in [1.807, 2.05) is 66.7 Å². The predicted octanol–water partition coefficient (Wildman–Crippen LogP) is 3.57. The first-order valence-electron chi connectivity index (χ1n) is 22.5. The highest BCUT2D eigenvalue weighted by molar-refractivity contribution is 8.00. The molecular formula is C47H61N9O12S. The number of azide groups is 1. The summed E-state index contributed by atoms with van der Waals surface area (Å²) in [5.74, 6) is -3.42. The third-order valence-electron chi connectivity index (χ3n) is 11.3. The summed E-state index contributed by atoms with van der Waals surface area (Å²) in [5, 5.41) is 12.1. The van der Waals surface area contributed by atoms with Crippen LogP contribution in [0.2, 0.25) is 0 Å². The number of carbonyl (C=O) groups is 6. The van der Waals surface area contributed by atoms with Gasteiger partial charge in [0.1, 0.15) is 30.7 Å². The smallest absolute Gasteiger partial charge is 0.330 e. The van der Waals surface area contributed by atoms with Crippen LogP contribution in [0.4, 0.5) is 0 Å². The molecule has 3 aromatic rings. The van der Waals surface area contributed by atoms with E-state index in [4.69, 9.17) is 24.5 Å². The quantitative estimate of drug-likeness (QED) is 0.0546. The van der Waals surface area contributed by atoms with Gasteiger partial charge in [-0.05, 0) is 84.0 Å². The van der Waals surface area contributed by atoms with Gasteiger partial charge in [0.05, 0.1) is 30.8 Å². The second kappa shape index (κ2) is 23.6. The third kappa shape index (κ3) is 14.9. The lowest BCUT2D eigenvalue weighted by Gasteiger charge is -2.36. The monoisotopic (exact) mass is 975 g/mol. The average Bonchev–Trinajstić information content (AvgIpc) is 3.83. The molecule has 4 N–H and O–H groups in total. The summed E-state index contributed by atoms with van der Waals surface area (Å²) in [4.78, 5) is 112. The van der Waals surface area contributed by atoms with Crippen LogP contribution in [0.25, 0.3) is 10.4 Å². The lowest BCUT2D eigenvalue weighted by atomic mass is 9.96. The number of benzene rings is 2. The zero-order chi connectivity index (χ0) is 50.6. The van der Waals surface area contributed by atoms with E-state index in [1.54, 1.807) is 30.3 Å². The maximum absolute atomic E-state index is 14.9. The molecule has 0 saturated carbocycles. The van der Waals surface area contributed by atoms with Crippen molar-refractivity contribution < 1.29 is 47.7 Å². The van der Waals surface area contributed by atoms with E-state index in [0.29, 0.717) is 11.3 Å². The summed E-state index contributed by atoms with van der Waals surface area (Å²) in [5.41, 5.74) is 9.76. The summed E-state index contributed by atoms with van der Waals surface area (Å²) >= 11 is 1.37. The molecule has 2 aliphatic rings. The third-order valence-corrected chi connectivity index (χ3v) is 12.7. The molecule has 2 fully saturated rings. The van der Waals surface area contributed by atoms with Crippen molar-refractivity contribution >= 4 is 47.3 Å². The van der Waals surface area contributed by atoms with Crippen LogP contribution in [-0.2, 0) is 49.4 Å². The van der Waals surface area contributed by atoms with Crippen LogP contribution in [0.5, 0.6) is 5.75 Å². The van der Waals surface area contributed by atoms with Crippen molar-refractivity contribution in [2.24, 2.45) is 5.11 Å². The zero-order valence-corrected chi connectivity index (χ0v) is 40.9. The van der Waals surface area contributed by atoms with Crippen molar-refractivity contribution in [3.8, 4) is 5.75 Å². The van der Waals surface area contributed by atoms with E-state index in [2.05, 4.69) is 31.0 Å². The summed E-state index contributed by atoms with van der Waals surface area (Å²) in [6.07, 6.45) is -3.22. The van der Waals surface area contributed by atoms with E-state index < -0.39 is 113 Å². The molecule has 5 rings (SSSR count). The molecule has 372 valence electrons. The Bertz CT molecular complexity index is 2520. The SMILES string of the molecule is Cc1cccc(C)c1OCC(=O)N[C@@H](Cc1ccccc1)[C@H](OC(=O)CCC(=O)NCCC(=O)OCC1OC(n2cc(C)c(=O)[nH]c2=O)CC1N=[N+]=[N-])C(=O)N1CSC(C)(C)[C@H]1C(=O)NC(C)(C)C. The van der Waals surface area contributed by atoms with Gasteiger partial charge in [0.2, 0.25) is 17.9 Å². The van der Waals surface area contributed by atoms with Crippen LogP contribution in [0.15, 0.2) is 69.4 Å². The number of amides is 4. The zero-order valence-electron chi connectivity index (χ0n) is 40.1. The normalized spacial score (nSPS) is 19.3. The molecule has 2 aliphatic heterocycles. The van der Waals surface area contributed by atoms with Gasteiger partial charge in [-0.1, -0.05) is 53.6 Å². The number of aryl methyl sites for hydroxylation is 3. The molecule has 0 aliphatic carbocycles. The van der Waals surface area contributed by atoms with Crippen LogP contribution < -0.4 is 31.9 Å². The number of H-pyrrole nitrogens is 1. The van der Waals surface area contributed by atoms with E-state index in [1.165, 1.54) is 29.8 Å². The molecular weight excluding hydrogens is 915 g/mol. The van der Waals surface area contributed by atoms with E-state index >= 15 is 0 Å². The lowest BCUT2D eigenvalue weighted by molar-refractivity contribution is -0.164. The van der Waals surface area contributed by atoms with Crippen molar-refractivity contribution in [3.05, 3.63) is 108 Å². The Labute approximate surface area is 403 Å². The maximum Gasteiger partial charge on any atom is 0.330 e. The fourth-order valence-corrected chi connectivity index (χ4v) is 9.05. The van der Waals surface area contributed by atoms with Crippen molar-refractivity contribution in [1.29, 1.82) is 0 Å². The summed E-state index contributed by atoms with van der Waals surface area (Å²) in [6.45, 7) is 13.4. The number of carbonyl (C=O) groups excluding carboxylic acids is 6. The van der Waals surface area contributed by atoms with Gasteiger partial charge in [-0.25, -0.2) is 4.79 Å². The number of nitrogens with zero attached hydrogens (tertiary/aromatic N) is 5. The first kappa shape index (κ1) is 53.3. The Balaban J connectivity index is 1.25. The number of aromatic amines is 1. The standard InChI is InChI=1S/C47H61N9O12S/c1-27-13-12-14-28(2)39(27)66-25-35(58)50-32(21-30-15-10-9-11-16-30)40(44(63)56-26-69-47(7,8)41(56)43(62)52-46(4,5)6)68-38(60)18-17-34(57)49-20-19-37(59)65-24-33-31(53-54-48)22-36(67-33)55-23-29(3)42(61)51-45(55)64/h9-16,23,31-33,36,40-41H,17-22,24-26H2,1-8H3,(H,49,57)(H,50,58)(H,52,62)(H,51,61,64)/t31?,32-,33?,36?,40-,41+/m0/s1. The summed E-state index contributed by atoms with van der Waals surface area (Å²) in [7, 11) is 0. The van der Waals surface area contributed by atoms with E-state index in [9.17, 15) is 38.4 Å². The highest BCUT2D eigenvalue weighted by Gasteiger charge is 2.51. The van der Waals surface area contributed by atoms with Crippen molar-refractivity contribution in [2.45, 2.75) is 134 Å². The van der Waals surface area contributed by atoms with E-state index in [-0.39, 0.29) is 43.9 Å². The Kier molecular flexibility index (Phi) is 18.2. The number of rotatable bonds is 20. The number of hydrogen-bond donors (Lipinski definition) is 4. The second-order valence-corrected chi connectivity index (χ2v) is 20.1. The van der Waals surface area contributed by atoms with Gasteiger partial charge in [0.15, 0.2) is 6.61 Å². The molecule has 0 radical (unpaired) electrons. The van der Waals surface area contributed by atoms with Gasteiger partial charge in [0, 0.05) is 46.3 Å². The molecule has 69 heavy (non-hydrogen) atoms. The first-order chi connectivity index (χ1) is 32.6. The Hall–Kier alpha value is -6.64. The minimum atomic E-state index is -1.65. The Morgan fingerprint density at radius 2 is 1.65 bits per heavy atom. The number of nitrogens with one attached hydrogen (secondary N) is 4. The molecule has 0 bridgehead atoms. The molecule has 22 heteroatoms. The fraction of sp³-hybridized carbons (Fsp3) is 0.532. The molecule has 21 nitrogen and oxygen atoms in total. The summed E-state index contributed by atoms with van der Waals surface area (Å²) < 4.78 is 23.5. The molecule has 1 aromatic heterocycles. The van der Waals surface area contributed by atoms with Crippen molar-refractivity contribution in [3.63, 3.8) is 0 Å². The number of para-hydroxylation sites is 1. The molecule has 4 amide bonds. The Morgan fingerprint density at radius 3 is 2.32 bits per heavy atom. The molecule has 3 unspecified atom stereocenters. The molecule has 2 saturated heterocycles. The van der Waals surface area contributed by atoms with Gasteiger partial charge in [-0.15, -0.1) is 11.8 Å². The fourth-order valence-electron chi connectivity index (χ4n) is 7.91. The first-order valence-corrected chi connectivity index (χ1v) is 23.5. The number of thioether (sulfide) groups is 1. The van der Waals surface area contributed by atoms with Gasteiger partial charge in [-0.3, -0.25) is 43.1 Å². The number of ether oxygens (including phenoxy) is 4. The van der Waals surface area contributed by atoms with Crippen LogP contribution >= 0.6 is 11.8 Å². The van der Waals surface area contributed by atoms with Gasteiger partial charge >= 0.3 is 17.6 Å². The van der Waals surface area contributed by atoms with Crippen molar-refractivity contribution in [1.82, 2.24) is 30.4 Å². The van der Waals surface area contributed by atoms with Crippen LogP contribution in [-0.4, -0.2) is 116 Å². The van der Waals surface area contributed by atoms with Gasteiger partial charge in [-0.2, -0.15) is 0 Å². The average molecular weight is 976 g/mol. The minimum absolute atomic E-state index is 0.0356. The number of aromatic nitrogens is 2. The molecule has 6 atom stereocenters. The topological polar surface area (TPSA) is 282 Å². The number of esters is 2. The molecule has 3 heterocycles. The van der Waals surface area contributed by atoms with Crippen molar-refractivity contribution in [2.75, 3.05) is 25.6 Å². The van der Waals surface area contributed by atoms with Crippen LogP contribution in [0, 0.1) is 20.8 Å². The van der Waals surface area contributed by atoms with E-state index in [0.717, 1.165) is 15.7 Å². The number of hydrogen-bond acceptors (Lipinski definition) is 14. The Morgan fingerprint density at radius 1 is 0.957 bits per heavy atom. The van der Waals surface area contributed by atoms with Crippen LogP contribution in [0.1, 0.15) is 88.8 Å². The summed E-state index contributed by atoms with van der Waals surface area (Å²) in [6, 6.07) is 11.6. The second-order valence-electron chi connectivity index (χ2n) is 18.5. The predicted molar refractivity (Wildman–Crippen MR) is 254 cm³/mol. The van der Waals surface area contributed by atoms with Gasteiger partial charge in [0.25, 0.3) is 17.4 Å². The lowest BCUT2D eigenvalue weighted by Crippen LogP contribution is -2.61. The minimum Gasteiger partial charge on any atom is -0.483 e. The largest absolute Gasteiger partial charge is 0.483 e. The van der Waals surface area contributed by atoms with Gasteiger partial charge < -0.3 is 39.8 Å². The molecule has 2 aromatic carbocycles. The van der Waals surface area contributed by atoms with Crippen LogP contribution in [0.3, 0.4) is 0 Å².